The lowest BCUT2D eigenvalue weighted by atomic mass is 9.72. The average molecular weight is 564 g/mol. The number of benzene rings is 2. The number of fused-ring (bicyclic) bond motifs is 3. The van der Waals surface area contributed by atoms with Crippen LogP contribution in [0.25, 0.3) is 0 Å². The van der Waals surface area contributed by atoms with Crippen molar-refractivity contribution in [3.8, 4) is 17.2 Å². The Balaban J connectivity index is 0.00000353. The van der Waals surface area contributed by atoms with Crippen molar-refractivity contribution >= 4 is 29.8 Å². The number of aliphatic hydroxyl groups excluding tert-OH is 1. The van der Waals surface area contributed by atoms with Crippen LogP contribution in [0.1, 0.15) is 75.8 Å². The Hall–Kier alpha value is -3.06. The van der Waals surface area contributed by atoms with Crippen LogP contribution in [0.5, 0.6) is 17.2 Å². The monoisotopic (exact) mass is 563 g/mol. The predicted molar refractivity (Wildman–Crippen MR) is 138 cm³/mol. The summed E-state index contributed by atoms with van der Waals surface area (Å²) in [5, 5.41) is 44.1. The maximum atomic E-state index is 13.6. The highest BCUT2D eigenvalue weighted by molar-refractivity contribution is 6.31. The van der Waals surface area contributed by atoms with Crippen molar-refractivity contribution in [3.05, 3.63) is 51.6 Å². The van der Waals surface area contributed by atoms with E-state index in [2.05, 4.69) is 0 Å². The van der Waals surface area contributed by atoms with Crippen LogP contribution in [-0.4, -0.2) is 75.0 Å². The lowest BCUT2D eigenvalue weighted by Gasteiger charge is -2.42. The molecule has 0 bridgehead atoms. The topological polar surface area (TPSA) is 186 Å². The van der Waals surface area contributed by atoms with E-state index in [1.54, 1.807) is 6.92 Å². The molecule has 0 unspecified atom stereocenters. The Labute approximate surface area is 229 Å². The van der Waals surface area contributed by atoms with E-state index in [9.17, 15) is 34.8 Å². The number of rotatable bonds is 4. The number of aromatic hydroxyl groups is 2. The van der Waals surface area contributed by atoms with Gasteiger partial charge < -0.3 is 40.4 Å². The van der Waals surface area contributed by atoms with E-state index in [0.29, 0.717) is 0 Å². The number of nitrogens with two attached hydrogens (primary N) is 1. The quantitative estimate of drug-likeness (QED) is 0.289. The molecule has 5 rings (SSSR count). The summed E-state index contributed by atoms with van der Waals surface area (Å²) in [7, 11) is 1.34. The Morgan fingerprint density at radius 1 is 1.13 bits per heavy atom. The number of phenolic OH excluding ortho intramolecular Hbond substituents is 2. The van der Waals surface area contributed by atoms with E-state index < -0.39 is 82.6 Å². The summed E-state index contributed by atoms with van der Waals surface area (Å²) in [4.78, 5) is 39.6. The minimum atomic E-state index is -2.00. The van der Waals surface area contributed by atoms with E-state index in [1.165, 1.54) is 32.2 Å². The molecular weight excluding hydrogens is 534 g/mol. The van der Waals surface area contributed by atoms with Crippen molar-refractivity contribution < 1.29 is 49.0 Å². The zero-order valence-corrected chi connectivity index (χ0v) is 22.3. The third kappa shape index (κ3) is 4.39. The molecule has 1 fully saturated rings. The average Bonchev–Trinajstić information content (AvgIpc) is 2.87. The molecule has 6 atom stereocenters. The molecule has 0 radical (unpaired) electrons. The van der Waals surface area contributed by atoms with Gasteiger partial charge in [0.2, 0.25) is 5.78 Å². The molecule has 3 aliphatic rings. The van der Waals surface area contributed by atoms with Crippen molar-refractivity contribution in [2.24, 2.45) is 5.73 Å². The molecule has 0 saturated carbocycles. The first-order valence-electron chi connectivity index (χ1n) is 12.2. The Bertz CT molecular complexity index is 1370. The highest BCUT2D eigenvalue weighted by Crippen LogP contribution is 2.52. The number of hydrogen-bond donors (Lipinski definition) is 5. The van der Waals surface area contributed by atoms with E-state index in [-0.39, 0.29) is 53.3 Å². The fraction of sp³-hybridized carbons (Fsp3) is 0.444. The molecular formula is C27H30ClNO10. The smallest absolute Gasteiger partial charge is 0.202 e. The maximum Gasteiger partial charge on any atom is 0.202 e. The van der Waals surface area contributed by atoms with Crippen LogP contribution >= 0.6 is 12.4 Å². The lowest BCUT2D eigenvalue weighted by molar-refractivity contribution is -0.247. The number of carbonyl (C=O) groups excluding carboxylic acids is 3. The first-order chi connectivity index (χ1) is 17.9. The molecule has 2 aliphatic carbocycles. The van der Waals surface area contributed by atoms with Crippen molar-refractivity contribution in [1.82, 2.24) is 0 Å². The summed E-state index contributed by atoms with van der Waals surface area (Å²) < 4.78 is 17.1. The molecule has 1 saturated heterocycles. The standard InChI is InChI=1S/C27H29NO10.ClH/c1-10-22(30)14(28)7-17(37-10)38-16-9-27(35,11(2)29)8-13-19(16)26(34)21-20(24(13)32)23(31)12-5-4-6-15(36-3)18(12)25(21)33;/h4-6,10,14,16-17,22,30,32,34-35H,7-9,28H2,1-3H3;1H/t10-,14+,16+,17+,22-,27+;/m1./s1. The molecule has 0 amide bonds. The first-order valence-corrected chi connectivity index (χ1v) is 12.2. The molecule has 1 heterocycles. The van der Waals surface area contributed by atoms with Gasteiger partial charge in [0.05, 0.1) is 42.1 Å². The second-order valence-corrected chi connectivity index (χ2v) is 10.1. The van der Waals surface area contributed by atoms with E-state index >= 15 is 0 Å². The molecule has 2 aromatic carbocycles. The van der Waals surface area contributed by atoms with Crippen molar-refractivity contribution in [2.75, 3.05) is 7.11 Å². The Morgan fingerprint density at radius 3 is 2.41 bits per heavy atom. The highest BCUT2D eigenvalue weighted by atomic mass is 35.5. The van der Waals surface area contributed by atoms with E-state index in [1.807, 2.05) is 0 Å². The lowest BCUT2D eigenvalue weighted by Crippen LogP contribution is -2.52. The summed E-state index contributed by atoms with van der Waals surface area (Å²) >= 11 is 0. The number of Topliss-reactive ketones (excluding diaryl/α,β-unsaturated/α-hetero) is 1. The number of methoxy groups -OCH3 is 1. The van der Waals surface area contributed by atoms with Crippen LogP contribution in [0.3, 0.4) is 0 Å². The number of halogens is 1. The van der Waals surface area contributed by atoms with Gasteiger partial charge in [0.25, 0.3) is 0 Å². The zero-order valence-electron chi connectivity index (χ0n) is 21.5. The third-order valence-electron chi connectivity index (χ3n) is 7.80. The van der Waals surface area contributed by atoms with Crippen LogP contribution in [0.2, 0.25) is 0 Å². The number of hydrogen-bond acceptors (Lipinski definition) is 11. The molecule has 12 heteroatoms. The SMILES string of the molecule is COc1cccc2c1C(=O)c1c(O)c3c(c(O)c1C2=O)C[C@@](O)(C(C)=O)C[C@@H]3O[C@H]1C[C@H](N)[C@H](O)[C@@H](C)O1.Cl. The number of aliphatic hydroxyl groups is 2. The Morgan fingerprint density at radius 2 is 1.79 bits per heavy atom. The number of ether oxygens (including phenoxy) is 3. The van der Waals surface area contributed by atoms with Gasteiger partial charge in [-0.05, 0) is 19.9 Å². The largest absolute Gasteiger partial charge is 0.507 e. The van der Waals surface area contributed by atoms with Crippen LogP contribution in [0.15, 0.2) is 18.2 Å². The second-order valence-electron chi connectivity index (χ2n) is 10.1. The minimum absolute atomic E-state index is 0. The van der Waals surface area contributed by atoms with Gasteiger partial charge in [0.15, 0.2) is 17.9 Å². The van der Waals surface area contributed by atoms with Crippen LogP contribution in [0.4, 0.5) is 0 Å². The van der Waals surface area contributed by atoms with E-state index in [4.69, 9.17) is 19.9 Å². The summed E-state index contributed by atoms with van der Waals surface area (Å²) in [6.45, 7) is 2.79. The third-order valence-corrected chi connectivity index (χ3v) is 7.80. The maximum absolute atomic E-state index is 13.6. The summed E-state index contributed by atoms with van der Waals surface area (Å²) in [5.74, 6) is -3.18. The minimum Gasteiger partial charge on any atom is -0.507 e. The van der Waals surface area contributed by atoms with Crippen molar-refractivity contribution in [3.63, 3.8) is 0 Å². The van der Waals surface area contributed by atoms with Gasteiger partial charge in [-0.15, -0.1) is 12.4 Å². The molecule has 0 aromatic heterocycles. The fourth-order valence-electron chi connectivity index (χ4n) is 5.66. The van der Waals surface area contributed by atoms with Crippen LogP contribution in [0, 0.1) is 0 Å². The summed E-state index contributed by atoms with van der Waals surface area (Å²) in [6, 6.07) is 3.75. The van der Waals surface area contributed by atoms with Gasteiger partial charge in [0, 0.05) is 42.0 Å². The van der Waals surface area contributed by atoms with Crippen molar-refractivity contribution in [1.29, 1.82) is 0 Å². The zero-order chi connectivity index (χ0) is 27.7. The van der Waals surface area contributed by atoms with Crippen molar-refractivity contribution in [2.45, 2.75) is 69.4 Å². The van der Waals surface area contributed by atoms with Gasteiger partial charge in [0.1, 0.15) is 22.8 Å². The van der Waals surface area contributed by atoms with Gasteiger partial charge in [-0.1, -0.05) is 12.1 Å². The van der Waals surface area contributed by atoms with Gasteiger partial charge >= 0.3 is 0 Å². The normalized spacial score (nSPS) is 29.5. The molecule has 2 aromatic rings. The van der Waals surface area contributed by atoms with Gasteiger partial charge in [-0.3, -0.25) is 14.4 Å². The molecule has 6 N–H and O–H groups in total. The van der Waals surface area contributed by atoms with E-state index in [0.717, 1.165) is 0 Å². The number of phenols is 2. The second kappa shape index (κ2) is 10.2. The molecule has 39 heavy (non-hydrogen) atoms. The van der Waals surface area contributed by atoms with Gasteiger partial charge in [-0.2, -0.15) is 0 Å². The van der Waals surface area contributed by atoms with Crippen LogP contribution < -0.4 is 10.5 Å². The fourth-order valence-corrected chi connectivity index (χ4v) is 5.66. The summed E-state index contributed by atoms with van der Waals surface area (Å²) in [5.41, 5.74) is 2.97. The summed E-state index contributed by atoms with van der Waals surface area (Å²) in [6.07, 6.45) is -4.53. The molecule has 1 aliphatic heterocycles. The first kappa shape index (κ1) is 28.9. The predicted octanol–water partition coefficient (Wildman–Crippen LogP) is 1.45. The highest BCUT2D eigenvalue weighted by Gasteiger charge is 2.49. The van der Waals surface area contributed by atoms with Gasteiger partial charge in [-0.25, -0.2) is 0 Å². The Kier molecular flexibility index (Phi) is 7.54. The molecule has 210 valence electrons. The van der Waals surface area contributed by atoms with Crippen LogP contribution in [-0.2, 0) is 20.7 Å². The number of carbonyl (C=O) groups is 3. The molecule has 11 nitrogen and oxygen atoms in total. The number of ketones is 3. The molecule has 0 spiro atoms.